The first-order chi connectivity index (χ1) is 11.9. The van der Waals surface area contributed by atoms with Gasteiger partial charge in [0.15, 0.2) is 5.75 Å². The van der Waals surface area contributed by atoms with Crippen LogP contribution in [0.3, 0.4) is 0 Å². The molecular formula is C16H22ClN3O5S. The van der Waals surface area contributed by atoms with Gasteiger partial charge in [-0.25, -0.2) is 13.2 Å². The highest BCUT2D eigenvalue weighted by atomic mass is 35.5. The van der Waals surface area contributed by atoms with Gasteiger partial charge in [0, 0.05) is 12.7 Å². The lowest BCUT2D eigenvalue weighted by Gasteiger charge is -2.29. The van der Waals surface area contributed by atoms with Gasteiger partial charge in [-0.05, 0) is 45.4 Å². The van der Waals surface area contributed by atoms with E-state index in [1.54, 1.807) is 20.8 Å². The lowest BCUT2D eigenvalue weighted by atomic mass is 10.1. The molecule has 0 spiro atoms. The van der Waals surface area contributed by atoms with Crippen LogP contribution in [-0.4, -0.2) is 42.1 Å². The van der Waals surface area contributed by atoms with E-state index in [2.05, 4.69) is 5.32 Å². The maximum Gasteiger partial charge on any atom is 0.408 e. The summed E-state index contributed by atoms with van der Waals surface area (Å²) in [6.07, 6.45) is 2.59. The normalized spacial score (nSPS) is 17.8. The van der Waals surface area contributed by atoms with Crippen LogP contribution >= 0.6 is 11.6 Å². The number of carbonyl (C=O) groups is 1. The molecule has 0 saturated carbocycles. The zero-order valence-corrected chi connectivity index (χ0v) is 16.3. The second-order valence-electron chi connectivity index (χ2n) is 6.81. The van der Waals surface area contributed by atoms with Gasteiger partial charge in [0.2, 0.25) is 0 Å². The average molecular weight is 404 g/mol. The van der Waals surface area contributed by atoms with Crippen LogP contribution in [0, 0.1) is 0 Å². The van der Waals surface area contributed by atoms with Crippen LogP contribution in [0.1, 0.15) is 27.2 Å². The molecule has 4 N–H and O–H groups in total. The van der Waals surface area contributed by atoms with Gasteiger partial charge in [0.1, 0.15) is 10.5 Å². The number of nitrogen functional groups attached to an aromatic ring is 1. The van der Waals surface area contributed by atoms with E-state index in [0.717, 1.165) is 4.31 Å². The number of nitrogens with one attached hydrogen (secondary N) is 1. The molecule has 1 aromatic carbocycles. The molecule has 0 radical (unpaired) electrons. The maximum absolute atomic E-state index is 12.8. The van der Waals surface area contributed by atoms with Crippen LogP contribution in [0.2, 0.25) is 5.02 Å². The highest BCUT2D eigenvalue weighted by Gasteiger charge is 2.31. The van der Waals surface area contributed by atoms with Crippen molar-refractivity contribution >= 4 is 33.4 Å². The number of phenols is 1. The summed E-state index contributed by atoms with van der Waals surface area (Å²) in [6.45, 7) is 5.34. The number of benzene rings is 1. The molecule has 0 saturated heterocycles. The Labute approximate surface area is 157 Å². The topological polar surface area (TPSA) is 122 Å². The van der Waals surface area contributed by atoms with E-state index in [1.165, 1.54) is 24.4 Å². The third kappa shape index (κ3) is 4.53. The number of alkyl carbamates (subject to hydrolysis) is 1. The van der Waals surface area contributed by atoms with E-state index in [1.807, 2.05) is 0 Å². The zero-order chi connectivity index (χ0) is 19.7. The minimum atomic E-state index is -4.09. The van der Waals surface area contributed by atoms with Crippen LogP contribution in [0.4, 0.5) is 10.5 Å². The van der Waals surface area contributed by atoms with Gasteiger partial charge >= 0.3 is 6.09 Å². The number of ether oxygens (including phenoxy) is 1. The quantitative estimate of drug-likeness (QED) is 0.526. The van der Waals surface area contributed by atoms with E-state index in [4.69, 9.17) is 22.1 Å². The number of phenolic OH excluding ortho intramolecular Hbond substituents is 1. The molecule has 1 unspecified atom stereocenters. The molecule has 10 heteroatoms. The highest BCUT2D eigenvalue weighted by molar-refractivity contribution is 7.89. The molecule has 8 nitrogen and oxygen atoms in total. The Morgan fingerprint density at radius 3 is 2.62 bits per heavy atom. The summed E-state index contributed by atoms with van der Waals surface area (Å²) in [4.78, 5) is 11.3. The maximum atomic E-state index is 12.8. The number of hydrogen-bond acceptors (Lipinski definition) is 6. The van der Waals surface area contributed by atoms with Crippen LogP contribution in [0.15, 0.2) is 29.3 Å². The number of amides is 1. The molecule has 0 aliphatic carbocycles. The summed E-state index contributed by atoms with van der Waals surface area (Å²) in [5.41, 5.74) is 4.86. The molecule has 0 fully saturated rings. The molecule has 1 aromatic rings. The summed E-state index contributed by atoms with van der Waals surface area (Å²) in [5.74, 6) is -0.583. The lowest BCUT2D eigenvalue weighted by molar-refractivity contribution is 0.0510. The van der Waals surface area contributed by atoms with Crippen molar-refractivity contribution in [3.63, 3.8) is 0 Å². The van der Waals surface area contributed by atoms with Gasteiger partial charge in [0.25, 0.3) is 10.0 Å². The van der Waals surface area contributed by atoms with E-state index in [9.17, 15) is 18.3 Å². The van der Waals surface area contributed by atoms with Crippen molar-refractivity contribution in [1.29, 1.82) is 0 Å². The van der Waals surface area contributed by atoms with Crippen molar-refractivity contribution in [2.75, 3.05) is 12.3 Å². The van der Waals surface area contributed by atoms with Gasteiger partial charge in [-0.15, -0.1) is 0 Å². The molecule has 1 aliphatic heterocycles. The largest absolute Gasteiger partial charge is 0.504 e. The van der Waals surface area contributed by atoms with Crippen LogP contribution in [-0.2, 0) is 14.8 Å². The van der Waals surface area contributed by atoms with E-state index < -0.39 is 32.4 Å². The number of nitrogens with two attached hydrogens (primary N) is 1. The Kier molecular flexibility index (Phi) is 5.62. The SMILES string of the molecule is CC(C)(C)OC(=O)NC1C=CN(S(=O)(=O)c2c(Cl)ccc(N)c2O)CC1. The molecule has 1 aliphatic rings. The average Bonchev–Trinajstić information content (AvgIpc) is 2.50. The number of anilines is 1. The number of rotatable bonds is 3. The van der Waals surface area contributed by atoms with Gasteiger partial charge in [-0.2, -0.15) is 0 Å². The molecule has 2 rings (SSSR count). The van der Waals surface area contributed by atoms with Crippen molar-refractivity contribution < 1.29 is 23.1 Å². The van der Waals surface area contributed by atoms with Crippen molar-refractivity contribution in [1.82, 2.24) is 9.62 Å². The third-order valence-corrected chi connectivity index (χ3v) is 5.81. The zero-order valence-electron chi connectivity index (χ0n) is 14.7. The molecule has 1 atom stereocenters. The van der Waals surface area contributed by atoms with Gasteiger partial charge < -0.3 is 20.9 Å². The fraction of sp³-hybridized carbons (Fsp3) is 0.438. The van der Waals surface area contributed by atoms with E-state index in [0.29, 0.717) is 6.42 Å². The molecule has 0 bridgehead atoms. The van der Waals surface area contributed by atoms with E-state index >= 15 is 0 Å². The number of aromatic hydroxyl groups is 1. The summed E-state index contributed by atoms with van der Waals surface area (Å²) in [7, 11) is -4.09. The molecular weight excluding hydrogens is 382 g/mol. The predicted octanol–water partition coefficient (Wildman–Crippen LogP) is 2.43. The van der Waals surface area contributed by atoms with Crippen LogP contribution < -0.4 is 11.1 Å². The monoisotopic (exact) mass is 403 g/mol. The van der Waals surface area contributed by atoms with Gasteiger partial charge in [0.05, 0.1) is 16.8 Å². The fourth-order valence-corrected chi connectivity index (χ4v) is 4.27. The summed E-state index contributed by atoms with van der Waals surface area (Å²) < 4.78 is 31.7. The highest BCUT2D eigenvalue weighted by Crippen LogP contribution is 2.37. The smallest absolute Gasteiger partial charge is 0.408 e. The molecule has 26 heavy (non-hydrogen) atoms. The molecule has 0 aromatic heterocycles. The number of sulfonamides is 1. The van der Waals surface area contributed by atoms with E-state index in [-0.39, 0.29) is 23.3 Å². The van der Waals surface area contributed by atoms with Crippen molar-refractivity contribution in [2.24, 2.45) is 0 Å². The first kappa shape index (κ1) is 20.2. The standard InChI is InChI=1S/C16H22ClN3O5S/c1-16(2,3)25-15(22)19-10-6-8-20(9-7-10)26(23,24)14-11(17)4-5-12(18)13(14)21/h4-6,8,10,21H,7,9,18H2,1-3H3,(H,19,22). The Balaban J connectivity index is 2.16. The summed E-state index contributed by atoms with van der Waals surface area (Å²) in [6, 6.07) is 2.26. The number of nitrogens with zero attached hydrogens (tertiary/aromatic N) is 1. The summed E-state index contributed by atoms with van der Waals surface area (Å²) in [5, 5.41) is 12.5. The first-order valence-electron chi connectivity index (χ1n) is 7.88. The molecule has 1 amide bonds. The minimum absolute atomic E-state index is 0.0848. The van der Waals surface area contributed by atoms with Crippen LogP contribution in [0.25, 0.3) is 0 Å². The minimum Gasteiger partial charge on any atom is -0.504 e. The lowest BCUT2D eigenvalue weighted by Crippen LogP contribution is -2.42. The number of carbonyl (C=O) groups excluding carboxylic acids is 1. The fourth-order valence-electron chi connectivity index (χ4n) is 2.34. The Morgan fingerprint density at radius 1 is 1.42 bits per heavy atom. The van der Waals surface area contributed by atoms with Gasteiger partial charge in [-0.1, -0.05) is 11.6 Å². The second kappa shape index (κ2) is 7.24. The van der Waals surface area contributed by atoms with Crippen molar-refractivity contribution in [2.45, 2.75) is 43.7 Å². The first-order valence-corrected chi connectivity index (χ1v) is 9.70. The molecule has 1 heterocycles. The Morgan fingerprint density at radius 2 is 2.08 bits per heavy atom. The van der Waals surface area contributed by atoms with Gasteiger partial charge in [-0.3, -0.25) is 4.31 Å². The van der Waals surface area contributed by atoms with Crippen molar-refractivity contribution in [3.05, 3.63) is 29.4 Å². The van der Waals surface area contributed by atoms with Crippen molar-refractivity contribution in [3.8, 4) is 5.75 Å². The Bertz CT molecular complexity index is 833. The van der Waals surface area contributed by atoms with Crippen LogP contribution in [0.5, 0.6) is 5.75 Å². The Hall–Kier alpha value is -2.13. The second-order valence-corrected chi connectivity index (χ2v) is 9.05. The summed E-state index contributed by atoms with van der Waals surface area (Å²) >= 11 is 5.95. The number of hydrogen-bond donors (Lipinski definition) is 3. The predicted molar refractivity (Wildman–Crippen MR) is 98.3 cm³/mol. The molecule has 144 valence electrons. The number of halogens is 1. The third-order valence-electron chi connectivity index (χ3n) is 3.53.